The maximum Gasteiger partial charge on any atom is 0.183 e. The van der Waals surface area contributed by atoms with Gasteiger partial charge in [-0.3, -0.25) is 0 Å². The first-order chi connectivity index (χ1) is 13.7. The molecule has 0 radical (unpaired) electrons. The highest BCUT2D eigenvalue weighted by molar-refractivity contribution is 5.64. The number of ether oxygens (including phenoxy) is 2. The van der Waals surface area contributed by atoms with E-state index < -0.39 is 0 Å². The molecule has 0 amide bonds. The normalized spacial score (nSPS) is 19.7. The Labute approximate surface area is 169 Å². The van der Waals surface area contributed by atoms with E-state index in [1.807, 2.05) is 43.3 Å². The lowest BCUT2D eigenvalue weighted by molar-refractivity contribution is -0.206. The lowest BCUT2D eigenvalue weighted by Crippen LogP contribution is -2.27. The van der Waals surface area contributed by atoms with E-state index in [1.54, 1.807) is 6.07 Å². The van der Waals surface area contributed by atoms with Crippen molar-refractivity contribution in [1.29, 1.82) is 0 Å². The fourth-order valence-corrected chi connectivity index (χ4v) is 3.77. The van der Waals surface area contributed by atoms with Gasteiger partial charge in [-0.25, -0.2) is 4.39 Å². The van der Waals surface area contributed by atoms with Crippen molar-refractivity contribution in [2.45, 2.75) is 65.1 Å². The molecule has 0 atom stereocenters. The topological polar surface area (TPSA) is 18.5 Å². The van der Waals surface area contributed by atoms with Crippen molar-refractivity contribution < 1.29 is 13.9 Å². The van der Waals surface area contributed by atoms with Crippen molar-refractivity contribution in [2.75, 3.05) is 13.2 Å². The Morgan fingerprint density at radius 1 is 0.893 bits per heavy atom. The summed E-state index contributed by atoms with van der Waals surface area (Å²) in [5.41, 5.74) is 3.53. The van der Waals surface area contributed by atoms with Crippen LogP contribution in [0.5, 0.6) is 0 Å². The average molecular weight is 385 g/mol. The fraction of sp³-hybridized carbons (Fsp3) is 0.520. The van der Waals surface area contributed by atoms with E-state index in [1.165, 1.54) is 38.5 Å². The van der Waals surface area contributed by atoms with Gasteiger partial charge in [0.15, 0.2) is 6.29 Å². The summed E-state index contributed by atoms with van der Waals surface area (Å²) in [5, 5.41) is 0. The third kappa shape index (κ3) is 5.65. The summed E-state index contributed by atoms with van der Waals surface area (Å²) in [6.07, 6.45) is 8.24. The van der Waals surface area contributed by atoms with Gasteiger partial charge in [-0.15, -0.1) is 0 Å². The van der Waals surface area contributed by atoms with Gasteiger partial charge in [0.2, 0.25) is 0 Å². The largest absolute Gasteiger partial charge is 0.348 e. The summed E-state index contributed by atoms with van der Waals surface area (Å²) in [6, 6.07) is 13.3. The van der Waals surface area contributed by atoms with Crippen molar-refractivity contribution in [3.05, 3.63) is 59.4 Å². The summed E-state index contributed by atoms with van der Waals surface area (Å²) in [6.45, 7) is 5.79. The van der Waals surface area contributed by atoms with Crippen LogP contribution in [0.1, 0.15) is 69.8 Å². The number of halogens is 1. The van der Waals surface area contributed by atoms with Crippen LogP contribution in [0.25, 0.3) is 11.1 Å². The Morgan fingerprint density at radius 3 is 2.25 bits per heavy atom. The third-order valence-corrected chi connectivity index (χ3v) is 5.62. The van der Waals surface area contributed by atoms with Crippen LogP contribution in [0, 0.1) is 11.7 Å². The van der Waals surface area contributed by atoms with E-state index in [9.17, 15) is 4.39 Å². The molecule has 3 rings (SSSR count). The molecule has 0 aliphatic carbocycles. The van der Waals surface area contributed by atoms with E-state index >= 15 is 0 Å². The van der Waals surface area contributed by atoms with Crippen LogP contribution in [0.2, 0.25) is 0 Å². The zero-order valence-electron chi connectivity index (χ0n) is 17.3. The molecule has 2 nitrogen and oxygen atoms in total. The minimum atomic E-state index is -0.308. The van der Waals surface area contributed by atoms with Gasteiger partial charge in [0.05, 0.1) is 13.2 Å². The number of hydrogen-bond donors (Lipinski definition) is 0. The maximum atomic E-state index is 14.3. The maximum absolute atomic E-state index is 14.3. The van der Waals surface area contributed by atoms with E-state index in [4.69, 9.17) is 9.47 Å². The lowest BCUT2D eigenvalue weighted by atomic mass is 10.00. The molecule has 1 saturated heterocycles. The third-order valence-electron chi connectivity index (χ3n) is 5.62. The average Bonchev–Trinajstić information content (AvgIpc) is 2.74. The predicted molar refractivity (Wildman–Crippen MR) is 113 cm³/mol. The molecule has 0 N–H and O–H groups in total. The monoisotopic (exact) mass is 384 g/mol. The zero-order valence-corrected chi connectivity index (χ0v) is 17.3. The van der Waals surface area contributed by atoms with Crippen LogP contribution in [0.15, 0.2) is 42.5 Å². The van der Waals surface area contributed by atoms with Crippen LogP contribution in [0.4, 0.5) is 4.39 Å². The molecular formula is C25H33FO2. The van der Waals surface area contributed by atoms with Crippen molar-refractivity contribution in [2.24, 2.45) is 5.92 Å². The Bertz CT molecular complexity index is 718. The molecule has 0 spiro atoms. The van der Waals surface area contributed by atoms with Crippen LogP contribution in [-0.4, -0.2) is 13.2 Å². The van der Waals surface area contributed by atoms with E-state index in [0.29, 0.717) is 11.5 Å². The molecule has 3 heteroatoms. The van der Waals surface area contributed by atoms with Gasteiger partial charge in [-0.2, -0.15) is 0 Å². The second-order valence-electron chi connectivity index (χ2n) is 7.86. The Hall–Kier alpha value is -1.71. The molecule has 2 aromatic carbocycles. The minimum absolute atomic E-state index is 0.168. The van der Waals surface area contributed by atoms with Gasteiger partial charge in [-0.1, -0.05) is 82.3 Å². The van der Waals surface area contributed by atoms with Gasteiger partial charge in [0.25, 0.3) is 0 Å². The summed E-state index contributed by atoms with van der Waals surface area (Å²) < 4.78 is 26.3. The molecule has 1 fully saturated rings. The smallest absolute Gasteiger partial charge is 0.183 e. The first kappa shape index (κ1) is 21.0. The fourth-order valence-electron chi connectivity index (χ4n) is 3.77. The molecule has 1 heterocycles. The molecule has 152 valence electrons. The van der Waals surface area contributed by atoms with E-state index in [0.717, 1.165) is 36.3 Å². The second kappa shape index (κ2) is 10.7. The van der Waals surface area contributed by atoms with E-state index in [2.05, 4.69) is 6.92 Å². The van der Waals surface area contributed by atoms with Gasteiger partial charge in [0, 0.05) is 17.0 Å². The molecule has 0 saturated carbocycles. The van der Waals surface area contributed by atoms with Crippen LogP contribution < -0.4 is 0 Å². The minimum Gasteiger partial charge on any atom is -0.348 e. The predicted octanol–water partition coefficient (Wildman–Crippen LogP) is 7.08. The second-order valence-corrected chi connectivity index (χ2v) is 7.86. The summed E-state index contributed by atoms with van der Waals surface area (Å²) in [5.74, 6) is 0.336. The van der Waals surface area contributed by atoms with E-state index in [-0.39, 0.29) is 12.1 Å². The zero-order chi connectivity index (χ0) is 19.8. The highest BCUT2D eigenvalue weighted by atomic mass is 19.1. The molecule has 1 aliphatic rings. The number of hydrogen-bond acceptors (Lipinski definition) is 2. The van der Waals surface area contributed by atoms with Crippen molar-refractivity contribution in [3.8, 4) is 11.1 Å². The number of benzene rings is 2. The van der Waals surface area contributed by atoms with Crippen LogP contribution in [-0.2, 0) is 15.9 Å². The molecule has 2 aromatic rings. The van der Waals surface area contributed by atoms with Crippen LogP contribution in [0.3, 0.4) is 0 Å². The Kier molecular flexibility index (Phi) is 8.05. The summed E-state index contributed by atoms with van der Waals surface area (Å²) >= 11 is 0. The van der Waals surface area contributed by atoms with Gasteiger partial charge in [-0.05, 0) is 30.0 Å². The number of aryl methyl sites for hydroxylation is 1. The Balaban J connectivity index is 1.51. The summed E-state index contributed by atoms with van der Waals surface area (Å²) in [7, 11) is 0. The highest BCUT2D eigenvalue weighted by Gasteiger charge is 2.23. The molecule has 0 bridgehead atoms. The van der Waals surface area contributed by atoms with Crippen LogP contribution >= 0.6 is 0 Å². The van der Waals surface area contributed by atoms with Gasteiger partial charge < -0.3 is 9.47 Å². The van der Waals surface area contributed by atoms with Gasteiger partial charge >= 0.3 is 0 Å². The molecule has 0 unspecified atom stereocenters. The number of unbranched alkanes of at least 4 members (excludes halogenated alkanes) is 4. The van der Waals surface area contributed by atoms with Crippen molar-refractivity contribution in [3.63, 3.8) is 0 Å². The highest BCUT2D eigenvalue weighted by Crippen LogP contribution is 2.30. The van der Waals surface area contributed by atoms with Gasteiger partial charge in [0.1, 0.15) is 5.82 Å². The molecule has 1 aliphatic heterocycles. The standard InChI is InChI=1S/C25H33FO2/c1-3-5-6-7-8-9-20-17-27-25(28-18-20)22-13-11-21(12-14-22)23-15-10-19(4-2)16-24(23)26/h10-16,20,25H,3-9,17-18H2,1-2H3. The van der Waals surface area contributed by atoms with Crippen molar-refractivity contribution >= 4 is 0 Å². The summed E-state index contributed by atoms with van der Waals surface area (Å²) in [4.78, 5) is 0. The first-order valence-electron chi connectivity index (χ1n) is 10.8. The van der Waals surface area contributed by atoms with Crippen molar-refractivity contribution in [1.82, 2.24) is 0 Å². The lowest BCUT2D eigenvalue weighted by Gasteiger charge is -2.29. The SMILES string of the molecule is CCCCCCCC1COC(c2ccc(-c3ccc(CC)cc3F)cc2)OC1. The Morgan fingerprint density at radius 2 is 1.61 bits per heavy atom. The quantitative estimate of drug-likeness (QED) is 0.430. The number of rotatable bonds is 9. The molecular weight excluding hydrogens is 351 g/mol. The molecule has 0 aromatic heterocycles. The first-order valence-corrected chi connectivity index (χ1v) is 10.8. The molecule has 28 heavy (non-hydrogen) atoms.